The lowest BCUT2D eigenvalue weighted by Gasteiger charge is -1.94. The van der Waals surface area contributed by atoms with E-state index >= 15 is 0 Å². The van der Waals surface area contributed by atoms with Crippen LogP contribution in [0.3, 0.4) is 0 Å². The number of allylic oxidation sites excluding steroid dienone is 2. The second-order valence-corrected chi connectivity index (χ2v) is 2.67. The summed E-state index contributed by atoms with van der Waals surface area (Å²) in [5.41, 5.74) is 0. The van der Waals surface area contributed by atoms with E-state index in [9.17, 15) is 4.79 Å². The summed E-state index contributed by atoms with van der Waals surface area (Å²) in [5, 5.41) is -0.304. The molecule has 0 bridgehead atoms. The van der Waals surface area contributed by atoms with Crippen LogP contribution in [0.15, 0.2) is 12.2 Å². The molecule has 1 nitrogen and oxygen atoms in total. The van der Waals surface area contributed by atoms with Gasteiger partial charge < -0.3 is 4.79 Å². The Kier molecular flexibility index (Phi) is 6.61. The summed E-state index contributed by atoms with van der Waals surface area (Å²) in [5.74, 6) is 0. The van der Waals surface area contributed by atoms with Gasteiger partial charge in [-0.2, -0.15) is 0 Å². The van der Waals surface area contributed by atoms with E-state index in [2.05, 4.69) is 19.1 Å². The van der Waals surface area contributed by atoms with Gasteiger partial charge in [-0.05, 0) is 19.3 Å². The lowest BCUT2D eigenvalue weighted by Crippen LogP contribution is -1.97. The maximum atomic E-state index is 10.0. The first kappa shape index (κ1) is 9.70. The molecule has 0 spiro atoms. The third-order valence-electron chi connectivity index (χ3n) is 1.16. The number of hydrogen-bond donors (Lipinski definition) is 0. The molecule has 0 aliphatic rings. The molecule has 0 aliphatic carbocycles. The zero-order valence-corrected chi connectivity index (χ0v) is 6.97. The van der Waals surface area contributed by atoms with Gasteiger partial charge in [0.15, 0.2) is 0 Å². The van der Waals surface area contributed by atoms with E-state index in [0.717, 1.165) is 25.5 Å². The van der Waals surface area contributed by atoms with Crippen molar-refractivity contribution in [3.05, 3.63) is 12.2 Å². The van der Waals surface area contributed by atoms with E-state index in [0.29, 0.717) is 0 Å². The zero-order valence-electron chi connectivity index (χ0n) is 6.22. The van der Waals surface area contributed by atoms with Gasteiger partial charge in [0, 0.05) is 0 Å². The molecule has 1 atom stereocenters. The third kappa shape index (κ3) is 5.83. The molecule has 0 aromatic carbocycles. The average Bonchev–Trinajstić information content (AvgIpc) is 1.98. The number of rotatable bonds is 5. The van der Waals surface area contributed by atoms with Crippen LogP contribution in [-0.4, -0.2) is 11.7 Å². The van der Waals surface area contributed by atoms with Crippen molar-refractivity contribution in [1.29, 1.82) is 0 Å². The van der Waals surface area contributed by atoms with Crippen molar-refractivity contribution in [3.63, 3.8) is 0 Å². The van der Waals surface area contributed by atoms with Gasteiger partial charge in [-0.1, -0.05) is 19.1 Å². The van der Waals surface area contributed by atoms with Crippen LogP contribution < -0.4 is 0 Å². The summed E-state index contributed by atoms with van der Waals surface area (Å²) in [6, 6.07) is 0. The maximum Gasteiger partial charge on any atom is 0.137 e. The Morgan fingerprint density at radius 1 is 1.50 bits per heavy atom. The molecule has 0 heterocycles. The number of alkyl halides is 1. The minimum Gasteiger partial charge on any atom is -0.302 e. The van der Waals surface area contributed by atoms with Crippen LogP contribution in [-0.2, 0) is 4.79 Å². The Bertz CT molecular complexity index is 110. The predicted octanol–water partition coefficient (Wildman–Crippen LogP) is 2.54. The summed E-state index contributed by atoms with van der Waals surface area (Å²) in [6.07, 6.45) is 7.62. The second-order valence-electron chi connectivity index (χ2n) is 2.11. The van der Waals surface area contributed by atoms with E-state index in [1.54, 1.807) is 0 Å². The molecule has 0 aliphatic heterocycles. The van der Waals surface area contributed by atoms with Gasteiger partial charge in [0.1, 0.15) is 6.29 Å². The summed E-state index contributed by atoms with van der Waals surface area (Å²) >= 11 is 5.54. The zero-order chi connectivity index (χ0) is 7.82. The molecule has 0 N–H and O–H groups in total. The molecule has 0 radical (unpaired) electrons. The number of hydrogen-bond acceptors (Lipinski definition) is 1. The van der Waals surface area contributed by atoms with Gasteiger partial charge in [-0.25, -0.2) is 0 Å². The van der Waals surface area contributed by atoms with Gasteiger partial charge >= 0.3 is 0 Å². The van der Waals surface area contributed by atoms with E-state index in [-0.39, 0.29) is 5.38 Å². The van der Waals surface area contributed by atoms with Crippen LogP contribution in [0.5, 0.6) is 0 Å². The molecule has 10 heavy (non-hydrogen) atoms. The Morgan fingerprint density at radius 3 is 2.70 bits per heavy atom. The van der Waals surface area contributed by atoms with Crippen molar-refractivity contribution < 1.29 is 4.79 Å². The molecule has 58 valence electrons. The second kappa shape index (κ2) is 6.81. The first-order chi connectivity index (χ1) is 4.81. The molecule has 0 aromatic heterocycles. The van der Waals surface area contributed by atoms with Crippen LogP contribution in [0.25, 0.3) is 0 Å². The molecular formula is C8H13ClO. The normalized spacial score (nSPS) is 13.8. The highest BCUT2D eigenvalue weighted by atomic mass is 35.5. The largest absolute Gasteiger partial charge is 0.302 e. The third-order valence-corrected chi connectivity index (χ3v) is 1.48. The van der Waals surface area contributed by atoms with Crippen LogP contribution in [0.4, 0.5) is 0 Å². The molecular weight excluding hydrogens is 148 g/mol. The Balaban J connectivity index is 3.18. The van der Waals surface area contributed by atoms with Crippen molar-refractivity contribution in [2.24, 2.45) is 0 Å². The van der Waals surface area contributed by atoms with Crippen molar-refractivity contribution in [1.82, 2.24) is 0 Å². The molecule has 0 rings (SSSR count). The van der Waals surface area contributed by atoms with Crippen molar-refractivity contribution in [3.8, 4) is 0 Å². The highest BCUT2D eigenvalue weighted by Crippen LogP contribution is 2.02. The van der Waals surface area contributed by atoms with Crippen molar-refractivity contribution in [2.75, 3.05) is 0 Å². The Morgan fingerprint density at radius 2 is 2.20 bits per heavy atom. The first-order valence-corrected chi connectivity index (χ1v) is 3.99. The first-order valence-electron chi connectivity index (χ1n) is 3.55. The lowest BCUT2D eigenvalue weighted by molar-refractivity contribution is -0.107. The highest BCUT2D eigenvalue weighted by molar-refractivity contribution is 6.27. The minimum absolute atomic E-state index is 0.304. The lowest BCUT2D eigenvalue weighted by atomic mass is 10.2. The molecule has 0 saturated heterocycles. The Hall–Kier alpha value is -0.300. The molecule has 0 amide bonds. The van der Waals surface area contributed by atoms with Crippen LogP contribution in [0.2, 0.25) is 0 Å². The van der Waals surface area contributed by atoms with Gasteiger partial charge in [0.05, 0.1) is 5.38 Å². The number of carbonyl (C=O) groups excluding carboxylic acids is 1. The molecule has 2 heteroatoms. The number of halogens is 1. The molecule has 0 aromatic rings. The van der Waals surface area contributed by atoms with E-state index in [1.165, 1.54) is 0 Å². The summed E-state index contributed by atoms with van der Waals surface area (Å²) in [4.78, 5) is 10.0. The highest BCUT2D eigenvalue weighted by Gasteiger charge is 1.97. The monoisotopic (exact) mass is 160 g/mol. The average molecular weight is 161 g/mol. The maximum absolute atomic E-state index is 10.0. The van der Waals surface area contributed by atoms with Gasteiger partial charge in [0.25, 0.3) is 0 Å². The predicted molar refractivity (Wildman–Crippen MR) is 44.4 cm³/mol. The topological polar surface area (TPSA) is 17.1 Å². The summed E-state index contributed by atoms with van der Waals surface area (Å²) in [7, 11) is 0. The van der Waals surface area contributed by atoms with E-state index < -0.39 is 0 Å². The van der Waals surface area contributed by atoms with E-state index in [1.807, 2.05) is 0 Å². The molecule has 0 saturated carbocycles. The number of carbonyl (C=O) groups is 1. The van der Waals surface area contributed by atoms with Crippen LogP contribution in [0.1, 0.15) is 26.2 Å². The standard InChI is InChI=1S/C8H13ClO/c1-2-3-4-5-6-8(9)7-10/h3-4,7-8H,2,5-6H2,1H3/b4-3-. The van der Waals surface area contributed by atoms with Crippen molar-refractivity contribution >= 4 is 17.9 Å². The fraction of sp³-hybridized carbons (Fsp3) is 0.625. The van der Waals surface area contributed by atoms with Crippen LogP contribution >= 0.6 is 11.6 Å². The summed E-state index contributed by atoms with van der Waals surface area (Å²) < 4.78 is 0. The van der Waals surface area contributed by atoms with E-state index in [4.69, 9.17) is 11.6 Å². The fourth-order valence-electron chi connectivity index (χ4n) is 0.608. The van der Waals surface area contributed by atoms with Gasteiger partial charge in [-0.15, -0.1) is 11.6 Å². The number of aldehydes is 1. The minimum atomic E-state index is -0.304. The quantitative estimate of drug-likeness (QED) is 0.343. The SMILES string of the molecule is CC/C=C\CCC(Cl)C=O. The molecule has 1 unspecified atom stereocenters. The van der Waals surface area contributed by atoms with Crippen LogP contribution in [0, 0.1) is 0 Å². The Labute approximate surface area is 67.1 Å². The summed E-state index contributed by atoms with van der Waals surface area (Å²) in [6.45, 7) is 2.08. The smallest absolute Gasteiger partial charge is 0.137 e. The fourth-order valence-corrected chi connectivity index (χ4v) is 0.734. The van der Waals surface area contributed by atoms with Crippen molar-refractivity contribution in [2.45, 2.75) is 31.6 Å². The van der Waals surface area contributed by atoms with Gasteiger partial charge in [0.2, 0.25) is 0 Å². The molecule has 0 fully saturated rings. The van der Waals surface area contributed by atoms with Gasteiger partial charge in [-0.3, -0.25) is 0 Å².